The molecule has 3 fully saturated rings. The summed E-state index contributed by atoms with van der Waals surface area (Å²) in [6, 6.07) is 8.56. The Labute approximate surface area is 346 Å². The molecule has 2 aromatic carbocycles. The van der Waals surface area contributed by atoms with Gasteiger partial charge in [-0.05, 0) is 111 Å². The summed E-state index contributed by atoms with van der Waals surface area (Å²) in [5, 5.41) is 23.0. The minimum Gasteiger partial charge on any atom is -0.507 e. The fourth-order valence-electron chi connectivity index (χ4n) is 9.16. The van der Waals surface area contributed by atoms with Gasteiger partial charge in [0.25, 0.3) is 0 Å². The van der Waals surface area contributed by atoms with Crippen LogP contribution in [0.1, 0.15) is 118 Å². The number of nitrogens with zero attached hydrogens (tertiary/aromatic N) is 8. The van der Waals surface area contributed by atoms with Crippen molar-refractivity contribution in [3.63, 3.8) is 0 Å². The molecule has 4 heterocycles. The van der Waals surface area contributed by atoms with Crippen molar-refractivity contribution in [1.29, 1.82) is 0 Å². The molecule has 2 aromatic rings. The van der Waals surface area contributed by atoms with Crippen LogP contribution in [0.2, 0.25) is 0 Å². The molecule has 0 spiro atoms. The van der Waals surface area contributed by atoms with E-state index in [1.807, 2.05) is 18.5 Å². The molecule has 56 heavy (non-hydrogen) atoms. The van der Waals surface area contributed by atoms with Crippen LogP contribution in [0.15, 0.2) is 44.2 Å². The maximum atomic E-state index is 11.6. The quantitative estimate of drug-likeness (QED) is 0.225. The first-order valence-electron chi connectivity index (χ1n) is 21.5. The van der Waals surface area contributed by atoms with Gasteiger partial charge in [0.05, 0.1) is 12.1 Å². The van der Waals surface area contributed by atoms with Crippen LogP contribution in [-0.4, -0.2) is 132 Å². The summed E-state index contributed by atoms with van der Waals surface area (Å²) in [5.74, 6) is 3.05. The van der Waals surface area contributed by atoms with Crippen LogP contribution in [0.5, 0.6) is 11.5 Å². The first-order chi connectivity index (χ1) is 26.6. The Bertz CT molecular complexity index is 1770. The van der Waals surface area contributed by atoms with Gasteiger partial charge < -0.3 is 29.8 Å². The molecule has 0 bridgehead atoms. The average molecular weight is 810 g/mol. The van der Waals surface area contributed by atoms with E-state index in [-0.39, 0.29) is 34.3 Å². The number of guanidine groups is 2. The number of aryl methyl sites for hydroxylation is 3. The van der Waals surface area contributed by atoms with Crippen molar-refractivity contribution in [1.82, 2.24) is 19.6 Å². The standard InChI is InChI=1S/C45H66N8O2.Co/c1-33-27-34(13-7-19-50-23-11-25-52-21-9-17-46-43(50)52)41(54)36(28-33)31-48-39-15-5-6-16-40(39)49-32-37-30-38(45(2,3)4)29-35(42(37)55)14-8-20-51-24-12-26-53-22-10-18-47-44(51)53;/h27-32,39-40,54-55H,5-26H2,1-4H3;. The summed E-state index contributed by atoms with van der Waals surface area (Å²) in [6.45, 7) is 19.2. The third-order valence-corrected chi connectivity index (χ3v) is 12.2. The van der Waals surface area contributed by atoms with Gasteiger partial charge in [-0.1, -0.05) is 45.7 Å². The Morgan fingerprint density at radius 1 is 0.661 bits per heavy atom. The van der Waals surface area contributed by atoms with E-state index < -0.39 is 0 Å². The molecule has 2 saturated heterocycles. The van der Waals surface area contributed by atoms with Crippen LogP contribution in [0.4, 0.5) is 0 Å². The molecule has 4 aliphatic heterocycles. The second-order valence-corrected chi connectivity index (χ2v) is 17.6. The van der Waals surface area contributed by atoms with Gasteiger partial charge in [-0.15, -0.1) is 0 Å². The first-order valence-corrected chi connectivity index (χ1v) is 21.5. The Kier molecular flexibility index (Phi) is 14.5. The summed E-state index contributed by atoms with van der Waals surface area (Å²) in [5.41, 5.74) is 5.87. The summed E-state index contributed by atoms with van der Waals surface area (Å²) >= 11 is 0. The van der Waals surface area contributed by atoms with Crippen molar-refractivity contribution >= 4 is 24.3 Å². The fourth-order valence-corrected chi connectivity index (χ4v) is 9.16. The molecule has 7 rings (SSSR count). The molecule has 307 valence electrons. The zero-order valence-corrected chi connectivity index (χ0v) is 35.5. The third-order valence-electron chi connectivity index (χ3n) is 12.2. The number of hydrogen-bond donors (Lipinski definition) is 2. The van der Waals surface area contributed by atoms with Gasteiger partial charge in [0.15, 0.2) is 11.9 Å². The number of phenolic OH excluding ortho intramolecular Hbond substituents is 2. The second-order valence-electron chi connectivity index (χ2n) is 17.6. The van der Waals surface area contributed by atoms with E-state index in [1.165, 1.54) is 30.3 Å². The summed E-state index contributed by atoms with van der Waals surface area (Å²) in [7, 11) is 0. The van der Waals surface area contributed by atoms with Gasteiger partial charge in [-0.2, -0.15) is 0 Å². The molecule has 2 N–H and O–H groups in total. The molecule has 11 heteroatoms. The van der Waals surface area contributed by atoms with Crippen LogP contribution in [0.3, 0.4) is 0 Å². The molecule has 5 aliphatic rings. The monoisotopic (exact) mass is 809 g/mol. The minimum atomic E-state index is -0.0551. The summed E-state index contributed by atoms with van der Waals surface area (Å²) < 4.78 is 0. The zero-order chi connectivity index (χ0) is 38.4. The van der Waals surface area contributed by atoms with Crippen molar-refractivity contribution in [2.75, 3.05) is 65.4 Å². The van der Waals surface area contributed by atoms with E-state index in [0.717, 1.165) is 157 Å². The van der Waals surface area contributed by atoms with Gasteiger partial charge in [-0.3, -0.25) is 20.0 Å². The number of phenols is 2. The molecule has 10 nitrogen and oxygen atoms in total. The average Bonchev–Trinajstić information content (AvgIpc) is 3.18. The van der Waals surface area contributed by atoms with Crippen molar-refractivity contribution < 1.29 is 27.0 Å². The molecule has 2 unspecified atom stereocenters. The number of aliphatic imine (C=N–C) groups is 4. The van der Waals surface area contributed by atoms with Crippen molar-refractivity contribution in [2.45, 2.75) is 122 Å². The van der Waals surface area contributed by atoms with Crippen molar-refractivity contribution in [3.8, 4) is 11.5 Å². The third kappa shape index (κ3) is 10.3. The van der Waals surface area contributed by atoms with Crippen LogP contribution in [0, 0.1) is 6.92 Å². The van der Waals surface area contributed by atoms with Crippen molar-refractivity contribution in [2.24, 2.45) is 20.0 Å². The number of rotatable bonds is 12. The predicted octanol–water partition coefficient (Wildman–Crippen LogP) is 6.95. The molecule has 0 aromatic heterocycles. The molecular formula is C45H66CoN8O2. The number of hydrogen-bond acceptors (Lipinski definition) is 10. The molecule has 0 amide bonds. The SMILES string of the molecule is Cc1cc(C=NC2CCCCC2N=Cc2cc(C(C)(C)C)cc(CCCN3CCCN4CCCN=C43)c2O)c(O)c(CCCN2CCCN3CCCN=C32)c1.[Co]. The van der Waals surface area contributed by atoms with Crippen LogP contribution in [0.25, 0.3) is 0 Å². The Morgan fingerprint density at radius 2 is 1.14 bits per heavy atom. The first kappa shape index (κ1) is 42.0. The smallest absolute Gasteiger partial charge is 0.196 e. The van der Waals surface area contributed by atoms with E-state index >= 15 is 0 Å². The predicted molar refractivity (Wildman–Crippen MR) is 227 cm³/mol. The van der Waals surface area contributed by atoms with Gasteiger partial charge in [0, 0.05) is 106 Å². The topological polar surface area (TPSA) is 103 Å². The Balaban J connectivity index is 0.00000532. The molecule has 1 aliphatic carbocycles. The van der Waals surface area contributed by atoms with Gasteiger partial charge >= 0.3 is 0 Å². The Hall–Kier alpha value is -3.57. The Morgan fingerprint density at radius 3 is 1.66 bits per heavy atom. The van der Waals surface area contributed by atoms with E-state index in [4.69, 9.17) is 20.0 Å². The number of fused-ring (bicyclic) bond motifs is 2. The second kappa shape index (κ2) is 19.2. The van der Waals surface area contributed by atoms with Crippen molar-refractivity contribution in [3.05, 3.63) is 57.6 Å². The zero-order valence-electron chi connectivity index (χ0n) is 34.5. The van der Waals surface area contributed by atoms with E-state index in [1.54, 1.807) is 0 Å². The maximum Gasteiger partial charge on any atom is 0.196 e. The minimum absolute atomic E-state index is 0. The molecule has 1 saturated carbocycles. The van der Waals surface area contributed by atoms with Crippen LogP contribution >= 0.6 is 0 Å². The maximum absolute atomic E-state index is 11.6. The number of benzene rings is 2. The fraction of sp³-hybridized carbons (Fsp3) is 0.644. The summed E-state index contributed by atoms with van der Waals surface area (Å²) in [6.07, 6.45) is 16.2. The van der Waals surface area contributed by atoms with E-state index in [9.17, 15) is 10.2 Å². The molecular weight excluding hydrogens is 743 g/mol. The van der Waals surface area contributed by atoms with E-state index in [2.05, 4.69) is 65.5 Å². The van der Waals surface area contributed by atoms with Crippen LogP contribution < -0.4 is 0 Å². The van der Waals surface area contributed by atoms with Gasteiger partial charge in [0.2, 0.25) is 0 Å². The van der Waals surface area contributed by atoms with Gasteiger partial charge in [0.1, 0.15) is 11.5 Å². The molecule has 2 atom stereocenters. The summed E-state index contributed by atoms with van der Waals surface area (Å²) in [4.78, 5) is 29.7. The van der Waals surface area contributed by atoms with Gasteiger partial charge in [-0.25, -0.2) is 0 Å². The normalized spacial score (nSPS) is 21.9. The van der Waals surface area contributed by atoms with Crippen LogP contribution in [-0.2, 0) is 35.0 Å². The molecule has 1 radical (unpaired) electrons. The largest absolute Gasteiger partial charge is 0.507 e. The number of aromatic hydroxyl groups is 2. The van der Waals surface area contributed by atoms with E-state index in [0.29, 0.717) is 11.5 Å².